The maximum atomic E-state index is 7.27. The average Bonchev–Trinajstić information content (AvgIpc) is 3.08. The minimum Gasteiger partial charge on any atom is -0.407 e. The van der Waals surface area contributed by atoms with E-state index in [0.717, 1.165) is 10.9 Å². The minimum atomic E-state index is -2.55. The molecule has 34 heavy (non-hydrogen) atoms. The van der Waals surface area contributed by atoms with Crippen molar-refractivity contribution in [1.29, 1.82) is 0 Å². The lowest BCUT2D eigenvalue weighted by Crippen LogP contribution is -2.67. The van der Waals surface area contributed by atoms with Crippen LogP contribution in [0.4, 0.5) is 0 Å². The van der Waals surface area contributed by atoms with Crippen LogP contribution in [-0.4, -0.2) is 19.9 Å². The van der Waals surface area contributed by atoms with Crippen LogP contribution in [0, 0.1) is 12.3 Å². The first-order valence-electron chi connectivity index (χ1n) is 12.1. The van der Waals surface area contributed by atoms with Gasteiger partial charge in [0.05, 0.1) is 0 Å². The highest BCUT2D eigenvalue weighted by molar-refractivity contribution is 9.10. The number of H-pyrrole nitrogens is 1. The van der Waals surface area contributed by atoms with E-state index in [1.54, 1.807) is 0 Å². The van der Waals surface area contributed by atoms with Crippen LogP contribution in [-0.2, 0) is 10.8 Å². The zero-order chi connectivity index (χ0) is 24.6. The smallest absolute Gasteiger partial charge is 0.261 e. The number of benzene rings is 3. The third-order valence-corrected chi connectivity index (χ3v) is 12.3. The average molecular weight is 535 g/mol. The molecule has 0 aliphatic rings. The van der Waals surface area contributed by atoms with E-state index in [0.29, 0.717) is 6.61 Å². The van der Waals surface area contributed by atoms with Gasteiger partial charge >= 0.3 is 0 Å². The Morgan fingerprint density at radius 3 is 1.91 bits per heavy atom. The third-order valence-electron chi connectivity index (χ3n) is 6.83. The number of halogens is 1. The summed E-state index contributed by atoms with van der Waals surface area (Å²) in [5.41, 5.74) is 3.79. The summed E-state index contributed by atoms with van der Waals surface area (Å²) in [6.45, 7) is 14.6. The SMILES string of the molecule is Cc1[nH]c2ccc(Br)cc2c1CC(C)(C)CO[Si](c1ccccc1)(c1ccccc1)C(C)(C)C. The van der Waals surface area contributed by atoms with Crippen LogP contribution in [0.5, 0.6) is 0 Å². The zero-order valence-corrected chi connectivity index (χ0v) is 23.8. The first-order chi connectivity index (χ1) is 16.0. The number of aryl methyl sites for hydroxylation is 1. The molecule has 0 unspecified atom stereocenters. The molecule has 0 atom stereocenters. The van der Waals surface area contributed by atoms with E-state index in [9.17, 15) is 0 Å². The van der Waals surface area contributed by atoms with Gasteiger partial charge in [0.15, 0.2) is 0 Å². The Balaban J connectivity index is 1.72. The summed E-state index contributed by atoms with van der Waals surface area (Å²) in [5, 5.41) is 3.94. The van der Waals surface area contributed by atoms with Crippen molar-refractivity contribution in [2.24, 2.45) is 5.41 Å². The molecule has 3 aromatic carbocycles. The van der Waals surface area contributed by atoms with Gasteiger partial charge < -0.3 is 9.41 Å². The summed E-state index contributed by atoms with van der Waals surface area (Å²) in [7, 11) is -2.55. The number of hydrogen-bond donors (Lipinski definition) is 1. The summed E-state index contributed by atoms with van der Waals surface area (Å²) in [6, 6.07) is 28.3. The van der Waals surface area contributed by atoms with Gasteiger partial charge in [0, 0.05) is 27.7 Å². The topological polar surface area (TPSA) is 25.0 Å². The standard InChI is InChI=1S/C30H36BrNOSi/c1-22-27(26-19-23(31)17-18-28(26)32-22)20-30(5,6)21-33-34(29(2,3)4,24-13-9-7-10-14-24)25-15-11-8-12-16-25/h7-19,32H,20-21H2,1-6H3. The van der Waals surface area contributed by atoms with Crippen molar-refractivity contribution in [3.8, 4) is 0 Å². The Labute approximate surface area is 214 Å². The van der Waals surface area contributed by atoms with E-state index in [2.05, 4.69) is 141 Å². The van der Waals surface area contributed by atoms with Gasteiger partial charge in [-0.3, -0.25) is 0 Å². The van der Waals surface area contributed by atoms with Gasteiger partial charge in [-0.2, -0.15) is 0 Å². The van der Waals surface area contributed by atoms with Crippen molar-refractivity contribution in [3.05, 3.63) is 94.6 Å². The number of hydrogen-bond acceptors (Lipinski definition) is 1. The zero-order valence-electron chi connectivity index (χ0n) is 21.2. The number of nitrogens with one attached hydrogen (secondary N) is 1. The van der Waals surface area contributed by atoms with E-state index in [-0.39, 0.29) is 10.5 Å². The Morgan fingerprint density at radius 1 is 0.824 bits per heavy atom. The van der Waals surface area contributed by atoms with E-state index in [1.807, 2.05) is 0 Å². The Hall–Kier alpha value is -2.14. The maximum Gasteiger partial charge on any atom is 0.261 e. The van der Waals surface area contributed by atoms with Crippen molar-refractivity contribution in [3.63, 3.8) is 0 Å². The molecule has 0 saturated heterocycles. The van der Waals surface area contributed by atoms with Gasteiger partial charge in [-0.25, -0.2) is 0 Å². The van der Waals surface area contributed by atoms with Crippen molar-refractivity contribution in [2.75, 3.05) is 6.61 Å². The molecular formula is C30H36BrNOSi. The molecule has 0 radical (unpaired) electrons. The van der Waals surface area contributed by atoms with Gasteiger partial charge in [-0.15, -0.1) is 0 Å². The molecule has 1 N–H and O–H groups in total. The largest absolute Gasteiger partial charge is 0.407 e. The number of aromatic nitrogens is 1. The Bertz CT molecular complexity index is 1220. The van der Waals surface area contributed by atoms with Crippen molar-refractivity contribution >= 4 is 45.5 Å². The summed E-state index contributed by atoms with van der Waals surface area (Å²) < 4.78 is 8.39. The minimum absolute atomic E-state index is 0.0205. The van der Waals surface area contributed by atoms with Crippen LogP contribution in [0.1, 0.15) is 45.9 Å². The first-order valence-corrected chi connectivity index (χ1v) is 14.8. The van der Waals surface area contributed by atoms with Crippen LogP contribution in [0.3, 0.4) is 0 Å². The molecule has 0 aliphatic heterocycles. The molecular weight excluding hydrogens is 498 g/mol. The molecule has 1 heterocycles. The van der Waals surface area contributed by atoms with E-state index in [1.165, 1.54) is 32.5 Å². The van der Waals surface area contributed by atoms with Crippen LogP contribution < -0.4 is 10.4 Å². The summed E-state index contributed by atoms with van der Waals surface area (Å²) in [5.74, 6) is 0. The van der Waals surface area contributed by atoms with E-state index >= 15 is 0 Å². The molecule has 0 fully saturated rings. The molecule has 0 amide bonds. The fourth-order valence-corrected chi connectivity index (χ4v) is 10.3. The van der Waals surface area contributed by atoms with Crippen LogP contribution >= 0.6 is 15.9 Å². The normalized spacial score (nSPS) is 12.9. The molecule has 4 heteroatoms. The molecule has 0 bridgehead atoms. The fourth-order valence-electron chi connectivity index (χ4n) is 5.18. The lowest BCUT2D eigenvalue weighted by molar-refractivity contribution is 0.170. The second-order valence-corrected chi connectivity index (χ2v) is 16.4. The molecule has 1 aromatic heterocycles. The van der Waals surface area contributed by atoms with Crippen molar-refractivity contribution in [1.82, 2.24) is 4.98 Å². The maximum absolute atomic E-state index is 7.27. The fraction of sp³-hybridized carbons (Fsp3) is 0.333. The Morgan fingerprint density at radius 2 is 1.38 bits per heavy atom. The molecule has 178 valence electrons. The van der Waals surface area contributed by atoms with Gasteiger partial charge in [0.2, 0.25) is 0 Å². The lowest BCUT2D eigenvalue weighted by Gasteiger charge is -2.44. The van der Waals surface area contributed by atoms with Crippen LogP contribution in [0.25, 0.3) is 10.9 Å². The number of aromatic amines is 1. The number of fused-ring (bicyclic) bond motifs is 1. The molecule has 0 spiro atoms. The van der Waals surface area contributed by atoms with Gasteiger partial charge in [0.1, 0.15) is 0 Å². The molecule has 4 aromatic rings. The summed E-state index contributed by atoms with van der Waals surface area (Å²) in [4.78, 5) is 3.57. The van der Waals surface area contributed by atoms with Gasteiger partial charge in [-0.1, -0.05) is 111 Å². The predicted octanol–water partition coefficient (Wildman–Crippen LogP) is 7.38. The van der Waals surface area contributed by atoms with Crippen LogP contribution in [0.15, 0.2) is 83.3 Å². The van der Waals surface area contributed by atoms with Gasteiger partial charge in [-0.05, 0) is 57.9 Å². The molecule has 0 saturated carbocycles. The highest BCUT2D eigenvalue weighted by atomic mass is 79.9. The molecule has 4 rings (SSSR count). The molecule has 2 nitrogen and oxygen atoms in total. The first kappa shape index (κ1) is 25.0. The van der Waals surface area contributed by atoms with Crippen molar-refractivity contribution < 1.29 is 4.43 Å². The van der Waals surface area contributed by atoms with E-state index < -0.39 is 8.32 Å². The highest BCUT2D eigenvalue weighted by Crippen LogP contribution is 2.39. The van der Waals surface area contributed by atoms with E-state index in [4.69, 9.17) is 4.43 Å². The number of rotatable bonds is 7. The monoisotopic (exact) mass is 533 g/mol. The van der Waals surface area contributed by atoms with Crippen molar-refractivity contribution in [2.45, 2.75) is 53.0 Å². The lowest BCUT2D eigenvalue weighted by atomic mass is 9.85. The molecule has 0 aliphatic carbocycles. The summed E-state index contributed by atoms with van der Waals surface area (Å²) in [6.07, 6.45) is 0.952. The predicted molar refractivity (Wildman–Crippen MR) is 152 cm³/mol. The third kappa shape index (κ3) is 4.82. The quantitative estimate of drug-likeness (QED) is 0.246. The van der Waals surface area contributed by atoms with Crippen LogP contribution in [0.2, 0.25) is 5.04 Å². The van der Waals surface area contributed by atoms with Gasteiger partial charge in [0.25, 0.3) is 8.32 Å². The second-order valence-electron chi connectivity index (χ2n) is 11.2. The Kier molecular flexibility index (Phi) is 6.96. The summed E-state index contributed by atoms with van der Waals surface area (Å²) >= 11 is 3.65. The highest BCUT2D eigenvalue weighted by Gasteiger charge is 2.50. The second kappa shape index (κ2) is 9.48.